The molecule has 0 radical (unpaired) electrons. The first-order chi connectivity index (χ1) is 18.4. The molecule has 0 saturated carbocycles. The van der Waals surface area contributed by atoms with Gasteiger partial charge in [0.15, 0.2) is 0 Å². The Bertz CT molecular complexity index is 1550. The summed E-state index contributed by atoms with van der Waals surface area (Å²) in [4.78, 5) is 28.7. The number of fused-ring (bicyclic) bond motifs is 1. The van der Waals surface area contributed by atoms with Crippen LogP contribution in [-0.2, 0) is 11.2 Å². The zero-order valence-electron chi connectivity index (χ0n) is 20.1. The van der Waals surface area contributed by atoms with Crippen molar-refractivity contribution in [1.82, 2.24) is 4.90 Å². The average Bonchev–Trinajstić information content (AvgIpc) is 3.35. The first kappa shape index (κ1) is 25.8. The van der Waals surface area contributed by atoms with Gasteiger partial charge in [0.25, 0.3) is 5.91 Å². The fourth-order valence-corrected chi connectivity index (χ4v) is 5.47. The van der Waals surface area contributed by atoms with Gasteiger partial charge in [-0.05, 0) is 57.4 Å². The highest BCUT2D eigenvalue weighted by Gasteiger charge is 2.39. The Hall–Kier alpha value is -3.87. The molecule has 5 nitrogen and oxygen atoms in total. The second-order valence-electron chi connectivity index (χ2n) is 8.88. The number of benzene rings is 4. The molecule has 190 valence electrons. The van der Waals surface area contributed by atoms with Crippen LogP contribution in [0.1, 0.15) is 33.3 Å². The number of aliphatic carboxylic acids is 1. The van der Waals surface area contributed by atoms with Crippen LogP contribution in [0.3, 0.4) is 0 Å². The number of para-hydroxylation sites is 1. The largest absolute Gasteiger partial charge is 0.480 e. The number of carboxylic acid groups (broad SMARTS) is 1. The Morgan fingerprint density at radius 1 is 0.868 bits per heavy atom. The molecule has 38 heavy (non-hydrogen) atoms. The molecule has 7 heteroatoms. The van der Waals surface area contributed by atoms with Gasteiger partial charge in [-0.2, -0.15) is 0 Å². The van der Waals surface area contributed by atoms with E-state index in [4.69, 9.17) is 16.0 Å². The molecule has 2 atom stereocenters. The number of amides is 1. The summed E-state index contributed by atoms with van der Waals surface area (Å²) < 4.78 is 6.73. The molecule has 5 aromatic rings. The van der Waals surface area contributed by atoms with Crippen molar-refractivity contribution in [3.8, 4) is 0 Å². The number of carbonyl (C=O) groups excluding carboxylic acids is 1. The van der Waals surface area contributed by atoms with Gasteiger partial charge < -0.3 is 14.4 Å². The summed E-state index contributed by atoms with van der Waals surface area (Å²) in [6.07, 6.45) is 0.108. The highest BCUT2D eigenvalue weighted by atomic mass is 79.9. The van der Waals surface area contributed by atoms with Crippen LogP contribution in [0.25, 0.3) is 11.0 Å². The maximum absolute atomic E-state index is 14.4. The Labute approximate surface area is 233 Å². The number of nitrogens with zero attached hydrogens (tertiary/aromatic N) is 1. The van der Waals surface area contributed by atoms with Crippen LogP contribution in [0.5, 0.6) is 0 Å². The summed E-state index contributed by atoms with van der Waals surface area (Å²) in [5, 5.41) is 11.9. The summed E-state index contributed by atoms with van der Waals surface area (Å²) in [6, 6.07) is 30.9. The molecule has 0 aliphatic rings. The quantitative estimate of drug-likeness (QED) is 0.201. The highest BCUT2D eigenvalue weighted by Crippen LogP contribution is 2.37. The highest BCUT2D eigenvalue weighted by molar-refractivity contribution is 9.10. The molecule has 0 spiro atoms. The van der Waals surface area contributed by atoms with Crippen LogP contribution in [-0.4, -0.2) is 27.9 Å². The zero-order chi connectivity index (χ0) is 26.6. The molecule has 1 unspecified atom stereocenters. The van der Waals surface area contributed by atoms with Gasteiger partial charge in [-0.15, -0.1) is 0 Å². The van der Waals surface area contributed by atoms with Gasteiger partial charge in [0, 0.05) is 21.3 Å². The molecule has 1 aromatic heterocycles. The minimum Gasteiger partial charge on any atom is -0.480 e. The topological polar surface area (TPSA) is 70.8 Å². The normalized spacial score (nSPS) is 12.7. The molecule has 1 heterocycles. The van der Waals surface area contributed by atoms with E-state index in [-0.39, 0.29) is 6.42 Å². The van der Waals surface area contributed by atoms with Crippen LogP contribution in [0.15, 0.2) is 118 Å². The monoisotopic (exact) mass is 587 g/mol. The average molecular weight is 589 g/mol. The fraction of sp³-hybridized carbons (Fsp3) is 0.0968. The van der Waals surface area contributed by atoms with Gasteiger partial charge in [0.2, 0.25) is 0 Å². The van der Waals surface area contributed by atoms with E-state index >= 15 is 0 Å². The molecular weight excluding hydrogens is 566 g/mol. The molecule has 0 bridgehead atoms. The Morgan fingerprint density at radius 2 is 1.53 bits per heavy atom. The summed E-state index contributed by atoms with van der Waals surface area (Å²) in [7, 11) is 0. The number of carboxylic acids is 1. The Morgan fingerprint density at radius 3 is 2.18 bits per heavy atom. The molecule has 5 rings (SSSR count). The zero-order valence-corrected chi connectivity index (χ0v) is 22.5. The summed E-state index contributed by atoms with van der Waals surface area (Å²) >= 11 is 9.61. The molecule has 1 amide bonds. The number of carbonyl (C=O) groups is 2. The number of hydrogen-bond donors (Lipinski definition) is 1. The maximum Gasteiger partial charge on any atom is 0.326 e. The molecule has 1 N–H and O–H groups in total. The smallest absolute Gasteiger partial charge is 0.326 e. The Balaban J connectivity index is 1.73. The van der Waals surface area contributed by atoms with E-state index in [2.05, 4.69) is 15.9 Å². The van der Waals surface area contributed by atoms with Crippen molar-refractivity contribution in [2.75, 3.05) is 0 Å². The number of halogens is 2. The van der Waals surface area contributed by atoms with Crippen molar-refractivity contribution < 1.29 is 19.1 Å². The lowest BCUT2D eigenvalue weighted by molar-refractivity contribution is -0.143. The molecule has 0 aliphatic heterocycles. The molecular formula is C31H23BrClNO4. The SMILES string of the molecule is O=C(O)[C@H](Cc1ccccc1)N(C(=O)c1ccc(Cl)cc1Br)C(c1ccccc1)c1cc2ccccc2o1. The van der Waals surface area contributed by atoms with E-state index in [0.717, 1.165) is 16.5 Å². The van der Waals surface area contributed by atoms with Crippen LogP contribution < -0.4 is 0 Å². The van der Waals surface area contributed by atoms with E-state index in [1.54, 1.807) is 18.2 Å². The first-order valence-electron chi connectivity index (χ1n) is 12.0. The van der Waals surface area contributed by atoms with Gasteiger partial charge in [-0.1, -0.05) is 90.5 Å². The van der Waals surface area contributed by atoms with Crippen LogP contribution in [0, 0.1) is 0 Å². The predicted molar refractivity (Wildman–Crippen MR) is 151 cm³/mol. The summed E-state index contributed by atoms with van der Waals surface area (Å²) in [5.41, 5.74) is 2.47. The van der Waals surface area contributed by atoms with Crippen molar-refractivity contribution >= 4 is 50.4 Å². The van der Waals surface area contributed by atoms with E-state index in [1.807, 2.05) is 91.0 Å². The lowest BCUT2D eigenvalue weighted by Gasteiger charge is -2.36. The maximum atomic E-state index is 14.4. The molecule has 4 aromatic carbocycles. The second kappa shape index (κ2) is 11.3. The van der Waals surface area contributed by atoms with Gasteiger partial charge in [-0.25, -0.2) is 4.79 Å². The first-order valence-corrected chi connectivity index (χ1v) is 13.2. The van der Waals surface area contributed by atoms with Crippen LogP contribution in [0.2, 0.25) is 5.02 Å². The standard InChI is InChI=1S/C31H23BrClNO4/c32-25-19-23(33)15-16-24(25)30(35)34(26(31(36)37)17-20-9-3-1-4-10-20)29(21-11-5-2-6-12-21)28-18-22-13-7-8-14-27(22)38-28/h1-16,18-19,26,29H,17H2,(H,36,37)/t26-,29?/m0/s1. The second-order valence-corrected chi connectivity index (χ2v) is 10.2. The lowest BCUT2D eigenvalue weighted by atomic mass is 9.96. The number of rotatable bonds is 8. The third-order valence-electron chi connectivity index (χ3n) is 6.40. The van der Waals surface area contributed by atoms with Crippen molar-refractivity contribution in [3.05, 3.63) is 141 Å². The third-order valence-corrected chi connectivity index (χ3v) is 7.29. The summed E-state index contributed by atoms with van der Waals surface area (Å²) in [5.74, 6) is -1.12. The summed E-state index contributed by atoms with van der Waals surface area (Å²) in [6.45, 7) is 0. The van der Waals surface area contributed by atoms with Gasteiger partial charge in [0.05, 0.1) is 5.56 Å². The van der Waals surface area contributed by atoms with Crippen LogP contribution >= 0.6 is 27.5 Å². The van der Waals surface area contributed by atoms with E-state index in [0.29, 0.717) is 26.4 Å². The minimum atomic E-state index is -1.20. The van der Waals surface area contributed by atoms with Crippen molar-refractivity contribution in [1.29, 1.82) is 0 Å². The molecule has 0 saturated heterocycles. The van der Waals surface area contributed by atoms with E-state index in [9.17, 15) is 14.7 Å². The fourth-order valence-electron chi connectivity index (χ4n) is 4.62. The van der Waals surface area contributed by atoms with Gasteiger partial charge >= 0.3 is 5.97 Å². The molecule has 0 aliphatic carbocycles. The van der Waals surface area contributed by atoms with Crippen LogP contribution in [0.4, 0.5) is 0 Å². The minimum absolute atomic E-state index is 0.108. The van der Waals surface area contributed by atoms with E-state index in [1.165, 1.54) is 4.90 Å². The van der Waals surface area contributed by atoms with Gasteiger partial charge in [-0.3, -0.25) is 4.79 Å². The van der Waals surface area contributed by atoms with Crippen molar-refractivity contribution in [2.45, 2.75) is 18.5 Å². The predicted octanol–water partition coefficient (Wildman–Crippen LogP) is 7.78. The third kappa shape index (κ3) is 5.37. The number of furan rings is 1. The Kier molecular flexibility index (Phi) is 7.63. The van der Waals surface area contributed by atoms with Crippen molar-refractivity contribution in [3.63, 3.8) is 0 Å². The molecule has 0 fully saturated rings. The number of hydrogen-bond acceptors (Lipinski definition) is 3. The lowest BCUT2D eigenvalue weighted by Crippen LogP contribution is -2.48. The van der Waals surface area contributed by atoms with Crippen molar-refractivity contribution in [2.24, 2.45) is 0 Å². The van der Waals surface area contributed by atoms with Gasteiger partial charge in [0.1, 0.15) is 23.4 Å². The van der Waals surface area contributed by atoms with E-state index < -0.39 is 24.0 Å².